The van der Waals surface area contributed by atoms with Crippen LogP contribution in [-0.2, 0) is 5.41 Å². The van der Waals surface area contributed by atoms with E-state index < -0.39 is 0 Å². The van der Waals surface area contributed by atoms with Gasteiger partial charge in [-0.15, -0.1) is 0 Å². The highest BCUT2D eigenvalue weighted by atomic mass is 16.3. The molecule has 0 radical (unpaired) electrons. The van der Waals surface area contributed by atoms with Gasteiger partial charge in [0.2, 0.25) is 0 Å². The summed E-state index contributed by atoms with van der Waals surface area (Å²) in [6.45, 7) is 10.7. The van der Waals surface area contributed by atoms with Crippen molar-refractivity contribution in [3.63, 3.8) is 0 Å². The maximum Gasteiger partial charge on any atom is 0.0541 e. The molecule has 1 aliphatic heterocycles. The van der Waals surface area contributed by atoms with Crippen LogP contribution in [0.2, 0.25) is 0 Å². The Kier molecular flexibility index (Phi) is 5.51. The third-order valence-corrected chi connectivity index (χ3v) is 4.74. The highest BCUT2D eigenvalue weighted by molar-refractivity contribution is 5.49. The molecule has 0 aliphatic carbocycles. The van der Waals surface area contributed by atoms with Crippen molar-refractivity contribution < 1.29 is 5.11 Å². The topological polar surface area (TPSA) is 49.5 Å². The second-order valence-corrected chi connectivity index (χ2v) is 7.86. The van der Waals surface area contributed by atoms with E-state index in [9.17, 15) is 5.11 Å². The third kappa shape index (κ3) is 4.47. The first kappa shape index (κ1) is 17.3. The smallest absolute Gasteiger partial charge is 0.0541 e. The number of hydrogen-bond acceptors (Lipinski definition) is 3. The molecule has 0 aromatic heterocycles. The largest absolute Gasteiger partial charge is 0.393 e. The van der Waals surface area contributed by atoms with Crippen molar-refractivity contribution in [1.29, 1.82) is 0 Å². The van der Waals surface area contributed by atoms with Gasteiger partial charge in [-0.1, -0.05) is 39.8 Å². The summed E-state index contributed by atoms with van der Waals surface area (Å²) in [5, 5.41) is 9.92. The summed E-state index contributed by atoms with van der Waals surface area (Å²) >= 11 is 0. The van der Waals surface area contributed by atoms with E-state index in [1.165, 1.54) is 11.3 Å². The van der Waals surface area contributed by atoms with Crippen molar-refractivity contribution in [2.24, 2.45) is 11.7 Å². The van der Waals surface area contributed by atoms with Crippen LogP contribution in [0.1, 0.15) is 52.5 Å². The molecular weight excluding hydrogens is 272 g/mol. The molecule has 3 heteroatoms. The van der Waals surface area contributed by atoms with Crippen LogP contribution in [0.4, 0.5) is 5.69 Å². The summed E-state index contributed by atoms with van der Waals surface area (Å²) in [7, 11) is 0. The lowest BCUT2D eigenvalue weighted by atomic mass is 9.86. The second kappa shape index (κ2) is 7.01. The molecular formula is C19H32N2O. The van der Waals surface area contributed by atoms with Gasteiger partial charge in [-0.2, -0.15) is 0 Å². The molecule has 3 unspecified atom stereocenters. The molecule has 3 N–H and O–H groups in total. The van der Waals surface area contributed by atoms with Gasteiger partial charge in [0.15, 0.2) is 0 Å². The maximum absolute atomic E-state index is 9.92. The van der Waals surface area contributed by atoms with Crippen LogP contribution in [0, 0.1) is 5.92 Å². The quantitative estimate of drug-likeness (QED) is 0.897. The fourth-order valence-corrected chi connectivity index (χ4v) is 3.35. The number of piperidine rings is 1. The highest BCUT2D eigenvalue weighted by Crippen LogP contribution is 2.28. The van der Waals surface area contributed by atoms with Crippen LogP contribution < -0.4 is 10.6 Å². The molecule has 0 bridgehead atoms. The van der Waals surface area contributed by atoms with E-state index >= 15 is 0 Å². The van der Waals surface area contributed by atoms with Gasteiger partial charge in [-0.25, -0.2) is 0 Å². The SMILES string of the molecule is CCC(O)CC1CC(N)CN(c2ccc(C(C)(C)C)cc2)C1. The average molecular weight is 304 g/mol. The Morgan fingerprint density at radius 1 is 1.23 bits per heavy atom. The molecule has 0 saturated carbocycles. The first-order chi connectivity index (χ1) is 10.3. The lowest BCUT2D eigenvalue weighted by molar-refractivity contribution is 0.131. The summed E-state index contributed by atoms with van der Waals surface area (Å²) < 4.78 is 0. The van der Waals surface area contributed by atoms with Gasteiger partial charge in [0, 0.05) is 24.8 Å². The Morgan fingerprint density at radius 3 is 2.41 bits per heavy atom. The van der Waals surface area contributed by atoms with Crippen molar-refractivity contribution in [3.8, 4) is 0 Å². The minimum atomic E-state index is -0.194. The number of rotatable bonds is 4. The van der Waals surface area contributed by atoms with Crippen molar-refractivity contribution in [1.82, 2.24) is 0 Å². The summed E-state index contributed by atoms with van der Waals surface area (Å²) in [5.41, 5.74) is 9.04. The minimum absolute atomic E-state index is 0.185. The first-order valence-corrected chi connectivity index (χ1v) is 8.58. The van der Waals surface area contributed by atoms with Crippen LogP contribution in [0.5, 0.6) is 0 Å². The van der Waals surface area contributed by atoms with E-state index in [1.807, 2.05) is 6.92 Å². The van der Waals surface area contributed by atoms with E-state index in [2.05, 4.69) is 49.9 Å². The number of aliphatic hydroxyl groups is 1. The standard InChI is InChI=1S/C19H32N2O/c1-5-18(22)11-14-10-16(20)13-21(12-14)17-8-6-15(7-9-17)19(2,3)4/h6-9,14,16,18,22H,5,10-13,20H2,1-4H3. The number of nitrogens with two attached hydrogens (primary N) is 1. The Morgan fingerprint density at radius 2 is 1.86 bits per heavy atom. The van der Waals surface area contributed by atoms with E-state index in [-0.39, 0.29) is 17.6 Å². The van der Waals surface area contributed by atoms with Gasteiger partial charge in [-0.05, 0) is 48.3 Å². The van der Waals surface area contributed by atoms with Crippen molar-refractivity contribution in [2.45, 2.75) is 64.5 Å². The summed E-state index contributed by atoms with van der Waals surface area (Å²) in [4.78, 5) is 2.38. The number of benzene rings is 1. The van der Waals surface area contributed by atoms with Crippen LogP contribution in [-0.4, -0.2) is 30.3 Å². The fourth-order valence-electron chi connectivity index (χ4n) is 3.35. The van der Waals surface area contributed by atoms with Crippen LogP contribution in [0.3, 0.4) is 0 Å². The Hall–Kier alpha value is -1.06. The average Bonchev–Trinajstić information content (AvgIpc) is 2.45. The van der Waals surface area contributed by atoms with Crippen molar-refractivity contribution in [2.75, 3.05) is 18.0 Å². The molecule has 3 atom stereocenters. The van der Waals surface area contributed by atoms with Gasteiger partial charge in [-0.3, -0.25) is 0 Å². The molecule has 1 aromatic rings. The molecule has 124 valence electrons. The Labute approximate surface area is 135 Å². The molecule has 22 heavy (non-hydrogen) atoms. The van der Waals surface area contributed by atoms with Gasteiger partial charge in [0.05, 0.1) is 6.10 Å². The zero-order valence-corrected chi connectivity index (χ0v) is 14.5. The molecule has 1 fully saturated rings. The van der Waals surface area contributed by atoms with Gasteiger partial charge >= 0.3 is 0 Å². The van der Waals surface area contributed by atoms with Crippen molar-refractivity contribution in [3.05, 3.63) is 29.8 Å². The van der Waals surface area contributed by atoms with Gasteiger partial charge in [0.1, 0.15) is 0 Å². The minimum Gasteiger partial charge on any atom is -0.393 e. The predicted molar refractivity (Wildman–Crippen MR) is 94.4 cm³/mol. The molecule has 3 nitrogen and oxygen atoms in total. The van der Waals surface area contributed by atoms with E-state index in [0.29, 0.717) is 5.92 Å². The molecule has 1 aliphatic rings. The zero-order chi connectivity index (χ0) is 16.3. The number of nitrogens with zero attached hydrogens (tertiary/aromatic N) is 1. The lowest BCUT2D eigenvalue weighted by Crippen LogP contribution is -2.47. The second-order valence-electron chi connectivity index (χ2n) is 7.86. The first-order valence-electron chi connectivity index (χ1n) is 8.58. The predicted octanol–water partition coefficient (Wildman–Crippen LogP) is 3.30. The molecule has 1 heterocycles. The number of aliphatic hydroxyl groups excluding tert-OH is 1. The summed E-state index contributed by atoms with van der Waals surface area (Å²) in [5.74, 6) is 0.487. The molecule has 0 amide bonds. The molecule has 1 saturated heterocycles. The summed E-state index contributed by atoms with van der Waals surface area (Å²) in [6.07, 6.45) is 2.51. The van der Waals surface area contributed by atoms with E-state index in [1.54, 1.807) is 0 Å². The number of hydrogen-bond donors (Lipinski definition) is 2. The van der Waals surface area contributed by atoms with Crippen molar-refractivity contribution >= 4 is 5.69 Å². The van der Waals surface area contributed by atoms with E-state index in [0.717, 1.165) is 32.4 Å². The Bertz CT molecular complexity index is 463. The molecule has 1 aromatic carbocycles. The molecule has 2 rings (SSSR count). The molecule has 0 spiro atoms. The monoisotopic (exact) mass is 304 g/mol. The van der Waals surface area contributed by atoms with Gasteiger partial charge < -0.3 is 15.7 Å². The fraction of sp³-hybridized carbons (Fsp3) is 0.684. The van der Waals surface area contributed by atoms with Crippen LogP contribution in [0.25, 0.3) is 0 Å². The zero-order valence-electron chi connectivity index (χ0n) is 14.5. The maximum atomic E-state index is 9.92. The summed E-state index contributed by atoms with van der Waals surface area (Å²) in [6, 6.07) is 9.08. The lowest BCUT2D eigenvalue weighted by Gasteiger charge is -2.38. The highest BCUT2D eigenvalue weighted by Gasteiger charge is 2.26. The normalized spacial score (nSPS) is 24.4. The number of anilines is 1. The third-order valence-electron chi connectivity index (χ3n) is 4.74. The van der Waals surface area contributed by atoms with Gasteiger partial charge in [0.25, 0.3) is 0 Å². The van der Waals surface area contributed by atoms with Crippen LogP contribution >= 0.6 is 0 Å². The van der Waals surface area contributed by atoms with Crippen LogP contribution in [0.15, 0.2) is 24.3 Å². The Balaban J connectivity index is 2.07. The van der Waals surface area contributed by atoms with E-state index in [4.69, 9.17) is 5.73 Å².